The van der Waals surface area contributed by atoms with Gasteiger partial charge in [-0.1, -0.05) is 25.7 Å². The fourth-order valence-corrected chi connectivity index (χ4v) is 6.07. The predicted molar refractivity (Wildman–Crippen MR) is 102 cm³/mol. The summed E-state index contributed by atoms with van der Waals surface area (Å²) >= 11 is 0. The second-order valence-electron chi connectivity index (χ2n) is 7.74. The molecule has 6 nitrogen and oxygen atoms in total. The van der Waals surface area contributed by atoms with Crippen LogP contribution in [0.25, 0.3) is 0 Å². The third-order valence-corrected chi connectivity index (χ3v) is 7.66. The van der Waals surface area contributed by atoms with Gasteiger partial charge in [-0.2, -0.15) is 0 Å². The van der Waals surface area contributed by atoms with Gasteiger partial charge in [-0.3, -0.25) is 4.79 Å². The first-order valence-corrected chi connectivity index (χ1v) is 11.3. The van der Waals surface area contributed by atoms with Crippen LogP contribution in [0.1, 0.15) is 73.1 Å². The minimum atomic E-state index is -3.73. The van der Waals surface area contributed by atoms with Crippen LogP contribution in [0.4, 0.5) is 0 Å². The van der Waals surface area contributed by atoms with Crippen molar-refractivity contribution in [2.24, 2.45) is 7.05 Å². The van der Waals surface area contributed by atoms with Gasteiger partial charge in [0.2, 0.25) is 10.0 Å². The van der Waals surface area contributed by atoms with Gasteiger partial charge < -0.3 is 9.47 Å². The van der Waals surface area contributed by atoms with Gasteiger partial charge in [0.25, 0.3) is 5.91 Å². The summed E-state index contributed by atoms with van der Waals surface area (Å²) in [7, 11) is -1.90. The van der Waals surface area contributed by atoms with Gasteiger partial charge in [0.15, 0.2) is 0 Å². The fraction of sp³-hybridized carbons (Fsp3) is 0.737. The molecule has 2 heterocycles. The van der Waals surface area contributed by atoms with Crippen LogP contribution in [-0.2, 0) is 17.1 Å². The van der Waals surface area contributed by atoms with Crippen molar-refractivity contribution >= 4 is 15.9 Å². The number of likely N-dealkylation sites (tertiary alicyclic amines) is 1. The van der Waals surface area contributed by atoms with Crippen LogP contribution in [0, 0.1) is 13.8 Å². The molecule has 1 amide bonds. The largest absolute Gasteiger partial charge is 0.350 e. The van der Waals surface area contributed by atoms with E-state index >= 15 is 0 Å². The van der Waals surface area contributed by atoms with Crippen molar-refractivity contribution in [3.05, 3.63) is 17.0 Å². The Hall–Kier alpha value is -1.34. The molecule has 0 spiro atoms. The SMILES string of the molecule is Cc1c(C(=O)N2CCCC2)c(S(=O)(=O)NC2CCCCCC2)c(C)n1C. The van der Waals surface area contributed by atoms with Crippen LogP contribution in [0.3, 0.4) is 0 Å². The van der Waals surface area contributed by atoms with E-state index in [1.807, 2.05) is 18.5 Å². The first kappa shape index (κ1) is 19.4. The summed E-state index contributed by atoms with van der Waals surface area (Å²) in [5, 5.41) is 0. The molecule has 146 valence electrons. The Morgan fingerprint density at radius 3 is 2.12 bits per heavy atom. The Kier molecular flexibility index (Phi) is 5.77. The highest BCUT2D eigenvalue weighted by Crippen LogP contribution is 2.29. The maximum Gasteiger partial charge on any atom is 0.257 e. The molecule has 1 saturated carbocycles. The number of hydrogen-bond donors (Lipinski definition) is 1. The van der Waals surface area contributed by atoms with E-state index in [1.54, 1.807) is 11.8 Å². The number of amides is 1. The summed E-state index contributed by atoms with van der Waals surface area (Å²) in [5.74, 6) is -0.148. The standard InChI is InChI=1S/C19H31N3O3S/c1-14-17(19(23)22-12-8-9-13-22)18(15(2)21(14)3)26(24,25)20-16-10-6-4-5-7-11-16/h16,20H,4-13H2,1-3H3. The van der Waals surface area contributed by atoms with Crippen LogP contribution in [0.15, 0.2) is 4.90 Å². The van der Waals surface area contributed by atoms with Gasteiger partial charge in [-0.25, -0.2) is 13.1 Å². The molecule has 0 aromatic carbocycles. The van der Waals surface area contributed by atoms with E-state index in [0.29, 0.717) is 24.3 Å². The number of rotatable bonds is 4. The average Bonchev–Trinajstić information content (AvgIpc) is 3.11. The van der Waals surface area contributed by atoms with E-state index in [9.17, 15) is 13.2 Å². The molecule has 7 heteroatoms. The Morgan fingerprint density at radius 1 is 0.962 bits per heavy atom. The zero-order chi connectivity index (χ0) is 18.9. The number of carbonyl (C=O) groups excluding carboxylic acids is 1. The highest BCUT2D eigenvalue weighted by atomic mass is 32.2. The Labute approximate surface area is 157 Å². The molecule has 1 N–H and O–H groups in total. The van der Waals surface area contributed by atoms with Crippen molar-refractivity contribution in [3.8, 4) is 0 Å². The summed E-state index contributed by atoms with van der Waals surface area (Å²) in [6, 6.07) is -0.0304. The summed E-state index contributed by atoms with van der Waals surface area (Å²) in [6.07, 6.45) is 8.16. The van der Waals surface area contributed by atoms with Crippen LogP contribution in [0.5, 0.6) is 0 Å². The summed E-state index contributed by atoms with van der Waals surface area (Å²) in [6.45, 7) is 5.04. The molecule has 0 radical (unpaired) electrons. The van der Waals surface area contributed by atoms with Gasteiger partial charge in [0, 0.05) is 37.6 Å². The third-order valence-electron chi connectivity index (χ3n) is 5.98. The summed E-state index contributed by atoms with van der Waals surface area (Å²) in [4.78, 5) is 15.0. The van der Waals surface area contributed by atoms with Gasteiger partial charge in [0.05, 0.1) is 5.56 Å². The van der Waals surface area contributed by atoms with Crippen LogP contribution < -0.4 is 4.72 Å². The lowest BCUT2D eigenvalue weighted by molar-refractivity contribution is 0.0788. The lowest BCUT2D eigenvalue weighted by atomic mass is 10.1. The van der Waals surface area contributed by atoms with E-state index < -0.39 is 10.0 Å². The molecule has 26 heavy (non-hydrogen) atoms. The third kappa shape index (κ3) is 3.69. The van der Waals surface area contributed by atoms with Crippen LogP contribution >= 0.6 is 0 Å². The number of sulfonamides is 1. The highest BCUT2D eigenvalue weighted by Gasteiger charge is 2.34. The number of hydrogen-bond acceptors (Lipinski definition) is 3. The van der Waals surface area contributed by atoms with Gasteiger partial charge in [-0.15, -0.1) is 0 Å². The zero-order valence-electron chi connectivity index (χ0n) is 16.2. The summed E-state index contributed by atoms with van der Waals surface area (Å²) in [5.41, 5.74) is 1.71. The molecule has 1 aliphatic heterocycles. The summed E-state index contributed by atoms with van der Waals surface area (Å²) < 4.78 is 31.2. The highest BCUT2D eigenvalue weighted by molar-refractivity contribution is 7.89. The molecule has 0 atom stereocenters. The van der Waals surface area contributed by atoms with E-state index in [2.05, 4.69) is 4.72 Å². The molecule has 1 aromatic heterocycles. The zero-order valence-corrected chi connectivity index (χ0v) is 17.0. The Bertz CT molecular complexity index is 768. The minimum Gasteiger partial charge on any atom is -0.350 e. The molecule has 1 saturated heterocycles. The van der Waals surface area contributed by atoms with Crippen molar-refractivity contribution in [3.63, 3.8) is 0 Å². The number of aromatic nitrogens is 1. The first-order valence-electron chi connectivity index (χ1n) is 9.80. The molecule has 2 aliphatic rings. The Morgan fingerprint density at radius 2 is 1.54 bits per heavy atom. The second-order valence-corrected chi connectivity index (χ2v) is 9.39. The van der Waals surface area contributed by atoms with E-state index in [-0.39, 0.29) is 16.8 Å². The predicted octanol–water partition coefficient (Wildman–Crippen LogP) is 2.88. The molecule has 3 rings (SSSR count). The van der Waals surface area contributed by atoms with Crippen LogP contribution in [-0.4, -0.2) is 42.9 Å². The molecule has 1 aliphatic carbocycles. The van der Waals surface area contributed by atoms with Gasteiger partial charge in [0.1, 0.15) is 4.90 Å². The maximum absolute atomic E-state index is 13.2. The van der Waals surface area contributed by atoms with Crippen molar-refractivity contribution in [2.45, 2.75) is 76.2 Å². The van der Waals surface area contributed by atoms with Crippen molar-refractivity contribution in [2.75, 3.05) is 13.1 Å². The fourth-order valence-electron chi connectivity index (χ4n) is 4.25. The number of nitrogens with zero attached hydrogens (tertiary/aromatic N) is 2. The molecular formula is C19H31N3O3S. The van der Waals surface area contributed by atoms with E-state index in [0.717, 1.165) is 44.2 Å². The monoisotopic (exact) mass is 381 g/mol. The molecular weight excluding hydrogens is 350 g/mol. The molecule has 0 bridgehead atoms. The topological polar surface area (TPSA) is 71.4 Å². The van der Waals surface area contributed by atoms with Crippen molar-refractivity contribution in [1.82, 2.24) is 14.2 Å². The average molecular weight is 382 g/mol. The number of nitrogens with one attached hydrogen (secondary N) is 1. The second kappa shape index (κ2) is 7.72. The van der Waals surface area contributed by atoms with Crippen LogP contribution in [0.2, 0.25) is 0 Å². The minimum absolute atomic E-state index is 0.0304. The lowest BCUT2D eigenvalue weighted by Crippen LogP contribution is -2.36. The normalized spacial score (nSPS) is 19.7. The molecule has 1 aromatic rings. The first-order chi connectivity index (χ1) is 12.3. The number of carbonyl (C=O) groups is 1. The maximum atomic E-state index is 13.2. The van der Waals surface area contributed by atoms with E-state index in [4.69, 9.17) is 0 Å². The van der Waals surface area contributed by atoms with Gasteiger partial charge in [-0.05, 0) is 39.5 Å². The van der Waals surface area contributed by atoms with Gasteiger partial charge >= 0.3 is 0 Å². The quantitative estimate of drug-likeness (QED) is 0.815. The van der Waals surface area contributed by atoms with Crippen molar-refractivity contribution in [1.29, 1.82) is 0 Å². The Balaban J connectivity index is 1.97. The smallest absolute Gasteiger partial charge is 0.257 e. The van der Waals surface area contributed by atoms with E-state index in [1.165, 1.54) is 12.8 Å². The van der Waals surface area contributed by atoms with Crippen molar-refractivity contribution < 1.29 is 13.2 Å². The lowest BCUT2D eigenvalue weighted by Gasteiger charge is -2.19. The molecule has 0 unspecified atom stereocenters. The molecule has 2 fully saturated rings.